The lowest BCUT2D eigenvalue weighted by molar-refractivity contribution is -0.138. The number of thiophene rings is 1. The van der Waals surface area contributed by atoms with Crippen LogP contribution in [0.2, 0.25) is 0 Å². The molecular weight excluding hydrogens is 451 g/mol. The summed E-state index contributed by atoms with van der Waals surface area (Å²) in [4.78, 5) is 22.9. The van der Waals surface area contributed by atoms with Crippen molar-refractivity contribution in [2.75, 3.05) is 6.54 Å². The number of carbonyl (C=O) groups is 2. The number of benzene rings is 2. The van der Waals surface area contributed by atoms with Gasteiger partial charge in [-0.2, -0.15) is 13.2 Å². The van der Waals surface area contributed by atoms with E-state index in [-0.39, 0.29) is 18.9 Å². The number of rotatable bonds is 8. The highest BCUT2D eigenvalue weighted by molar-refractivity contribution is 7.97. The fraction of sp³-hybridized carbons (Fsp3) is 0.143. The largest absolute Gasteiger partial charge is 0.481 e. The molecule has 3 rings (SSSR count). The summed E-state index contributed by atoms with van der Waals surface area (Å²) in [5, 5.41) is 11.1. The van der Waals surface area contributed by atoms with Crippen molar-refractivity contribution in [2.45, 2.75) is 16.8 Å². The lowest BCUT2D eigenvalue weighted by Crippen LogP contribution is -2.25. The van der Waals surface area contributed by atoms with Gasteiger partial charge in [-0.1, -0.05) is 24.3 Å². The van der Waals surface area contributed by atoms with Crippen molar-refractivity contribution in [2.24, 2.45) is 0 Å². The molecule has 3 aromatic rings. The average molecular weight is 467 g/mol. The minimum atomic E-state index is -4.37. The van der Waals surface area contributed by atoms with Crippen LogP contribution in [0.5, 0.6) is 5.75 Å². The molecule has 162 valence electrons. The van der Waals surface area contributed by atoms with E-state index in [0.29, 0.717) is 16.2 Å². The molecule has 0 atom stereocenters. The van der Waals surface area contributed by atoms with E-state index in [1.807, 2.05) is 0 Å². The Bertz CT molecular complexity index is 1050. The first kappa shape index (κ1) is 22.7. The summed E-state index contributed by atoms with van der Waals surface area (Å²) >= 11 is 2.28. The predicted octanol–water partition coefficient (Wildman–Crippen LogP) is 5.72. The van der Waals surface area contributed by atoms with Gasteiger partial charge in [0.1, 0.15) is 22.0 Å². The van der Waals surface area contributed by atoms with E-state index in [0.717, 1.165) is 33.9 Å². The Morgan fingerprint density at radius 2 is 1.58 bits per heavy atom. The number of halogens is 3. The van der Waals surface area contributed by atoms with E-state index in [4.69, 9.17) is 9.29 Å². The van der Waals surface area contributed by atoms with Crippen LogP contribution < -0.4 is 9.50 Å². The number of aliphatic carboxylic acids is 1. The number of alkyl halides is 3. The Hall–Kier alpha value is -2.98. The number of amides is 1. The lowest BCUT2D eigenvalue weighted by Gasteiger charge is -2.08. The van der Waals surface area contributed by atoms with Crippen LogP contribution in [0, 0.1) is 0 Å². The summed E-state index contributed by atoms with van der Waals surface area (Å²) < 4.78 is 44.4. The lowest BCUT2D eigenvalue weighted by atomic mass is 10.0. The van der Waals surface area contributed by atoms with Crippen molar-refractivity contribution >= 4 is 35.3 Å². The molecule has 0 fully saturated rings. The predicted molar refractivity (Wildman–Crippen MR) is 112 cm³/mol. The van der Waals surface area contributed by atoms with Crippen LogP contribution in [-0.2, 0) is 11.0 Å². The SMILES string of the molecule is O=C(O)CCNC(=O)c1ccc(SOc2ccc(-c3ccc(C(F)(F)F)cc3)cc2)s1. The van der Waals surface area contributed by atoms with Crippen molar-refractivity contribution in [1.82, 2.24) is 5.32 Å². The highest BCUT2D eigenvalue weighted by atomic mass is 32.2. The van der Waals surface area contributed by atoms with Crippen LogP contribution in [-0.4, -0.2) is 23.5 Å². The third-order valence-corrected chi connectivity index (χ3v) is 5.96. The van der Waals surface area contributed by atoms with E-state index in [1.54, 1.807) is 36.4 Å². The van der Waals surface area contributed by atoms with Crippen LogP contribution in [0.1, 0.15) is 21.7 Å². The molecule has 0 bridgehead atoms. The third kappa shape index (κ3) is 6.50. The fourth-order valence-electron chi connectivity index (χ4n) is 2.50. The van der Waals surface area contributed by atoms with Gasteiger partial charge in [0.25, 0.3) is 5.91 Å². The minimum Gasteiger partial charge on any atom is -0.481 e. The Kier molecular flexibility index (Phi) is 7.24. The molecule has 5 nitrogen and oxygen atoms in total. The molecule has 2 N–H and O–H groups in total. The summed E-state index contributed by atoms with van der Waals surface area (Å²) in [7, 11) is 0. The second-order valence-corrected chi connectivity index (χ2v) is 8.40. The summed E-state index contributed by atoms with van der Waals surface area (Å²) in [6, 6.07) is 15.2. The van der Waals surface area contributed by atoms with Gasteiger partial charge in [0, 0.05) is 6.54 Å². The van der Waals surface area contributed by atoms with E-state index in [2.05, 4.69) is 5.32 Å². The second-order valence-electron chi connectivity index (χ2n) is 6.28. The highest BCUT2D eigenvalue weighted by Crippen LogP contribution is 2.33. The third-order valence-electron chi connectivity index (χ3n) is 4.05. The van der Waals surface area contributed by atoms with Crippen molar-refractivity contribution < 1.29 is 32.0 Å². The molecule has 2 aromatic carbocycles. The van der Waals surface area contributed by atoms with Gasteiger partial charge in [0.15, 0.2) is 0 Å². The maximum Gasteiger partial charge on any atom is 0.416 e. The monoisotopic (exact) mass is 467 g/mol. The molecule has 1 aromatic heterocycles. The normalized spacial score (nSPS) is 11.2. The van der Waals surface area contributed by atoms with Crippen molar-refractivity contribution in [1.29, 1.82) is 0 Å². The fourth-order valence-corrected chi connectivity index (χ4v) is 4.08. The van der Waals surface area contributed by atoms with Gasteiger partial charge < -0.3 is 14.6 Å². The number of hydrogen-bond donors (Lipinski definition) is 2. The van der Waals surface area contributed by atoms with Crippen LogP contribution >= 0.6 is 23.4 Å². The number of carbonyl (C=O) groups excluding carboxylic acids is 1. The average Bonchev–Trinajstić information content (AvgIpc) is 3.21. The molecule has 0 aliphatic carbocycles. The number of hydrogen-bond acceptors (Lipinski definition) is 5. The summed E-state index contributed by atoms with van der Waals surface area (Å²) in [6.07, 6.45) is -4.52. The summed E-state index contributed by atoms with van der Waals surface area (Å²) in [5.41, 5.74) is 0.713. The summed E-state index contributed by atoms with van der Waals surface area (Å²) in [6.45, 7) is 0.0519. The second kappa shape index (κ2) is 9.88. The van der Waals surface area contributed by atoms with Gasteiger partial charge >= 0.3 is 12.1 Å². The maximum atomic E-state index is 12.7. The Balaban J connectivity index is 1.54. The van der Waals surface area contributed by atoms with Gasteiger partial charge in [-0.3, -0.25) is 9.59 Å². The standard InChI is InChI=1S/C21H16F3NO4S2/c22-21(23,24)15-5-1-13(2-6-15)14-3-7-16(8-4-14)29-31-19-10-9-17(30-19)20(28)25-12-11-18(26)27/h1-10H,11-12H2,(H,25,28)(H,26,27). The molecule has 10 heteroatoms. The van der Waals surface area contributed by atoms with Crippen LogP contribution in [0.3, 0.4) is 0 Å². The first-order chi connectivity index (χ1) is 14.7. The van der Waals surface area contributed by atoms with Crippen LogP contribution in [0.4, 0.5) is 13.2 Å². The molecule has 0 aliphatic rings. The quantitative estimate of drug-likeness (QED) is 0.414. The number of carboxylic acids is 1. The zero-order valence-electron chi connectivity index (χ0n) is 15.8. The zero-order valence-corrected chi connectivity index (χ0v) is 17.4. The van der Waals surface area contributed by atoms with E-state index in [1.165, 1.54) is 23.5 Å². The van der Waals surface area contributed by atoms with Crippen molar-refractivity contribution in [3.05, 3.63) is 71.1 Å². The molecule has 1 heterocycles. The molecule has 0 spiro atoms. The topological polar surface area (TPSA) is 75.6 Å². The molecule has 31 heavy (non-hydrogen) atoms. The number of carboxylic acid groups (broad SMARTS) is 1. The molecular formula is C21H16F3NO4S2. The van der Waals surface area contributed by atoms with Gasteiger partial charge in [0.05, 0.1) is 16.9 Å². The Morgan fingerprint density at radius 3 is 2.16 bits per heavy atom. The summed E-state index contributed by atoms with van der Waals surface area (Å²) in [5.74, 6) is -0.791. The van der Waals surface area contributed by atoms with E-state index in [9.17, 15) is 22.8 Å². The molecule has 0 aliphatic heterocycles. The van der Waals surface area contributed by atoms with Gasteiger partial charge in [-0.15, -0.1) is 11.3 Å². The zero-order chi connectivity index (χ0) is 22.4. The van der Waals surface area contributed by atoms with Crippen LogP contribution in [0.25, 0.3) is 11.1 Å². The Morgan fingerprint density at radius 1 is 0.968 bits per heavy atom. The first-order valence-electron chi connectivity index (χ1n) is 8.94. The van der Waals surface area contributed by atoms with Gasteiger partial charge in [0.2, 0.25) is 0 Å². The number of nitrogens with one attached hydrogen (secondary N) is 1. The van der Waals surface area contributed by atoms with E-state index >= 15 is 0 Å². The molecule has 0 saturated carbocycles. The van der Waals surface area contributed by atoms with Gasteiger partial charge in [-0.25, -0.2) is 0 Å². The molecule has 1 amide bonds. The van der Waals surface area contributed by atoms with Crippen molar-refractivity contribution in [3.8, 4) is 16.9 Å². The smallest absolute Gasteiger partial charge is 0.416 e. The van der Waals surface area contributed by atoms with Crippen molar-refractivity contribution in [3.63, 3.8) is 0 Å². The Labute approximate surface area is 184 Å². The molecule has 0 unspecified atom stereocenters. The van der Waals surface area contributed by atoms with Gasteiger partial charge in [-0.05, 0) is 47.5 Å². The first-order valence-corrected chi connectivity index (χ1v) is 10.5. The van der Waals surface area contributed by atoms with Crippen LogP contribution in [0.15, 0.2) is 64.9 Å². The molecule has 0 radical (unpaired) electrons. The highest BCUT2D eigenvalue weighted by Gasteiger charge is 2.29. The maximum absolute atomic E-state index is 12.7. The van der Waals surface area contributed by atoms with E-state index < -0.39 is 17.7 Å². The minimum absolute atomic E-state index is 0.0519. The molecule has 0 saturated heterocycles.